The highest BCUT2D eigenvalue weighted by atomic mass is 16.2. The Kier molecular flexibility index (Phi) is 2.99. The highest BCUT2D eigenvalue weighted by molar-refractivity contribution is 5.82. The lowest BCUT2D eigenvalue weighted by atomic mass is 10.2. The molecule has 0 spiro atoms. The van der Waals surface area contributed by atoms with E-state index in [1.54, 1.807) is 0 Å². The third-order valence-corrected chi connectivity index (χ3v) is 2.71. The number of hydrogen-bond donors (Lipinski definition) is 2. The van der Waals surface area contributed by atoms with Gasteiger partial charge in [-0.2, -0.15) is 0 Å². The Bertz CT molecular complexity index is 383. The molecule has 4 heteroatoms. The van der Waals surface area contributed by atoms with Crippen molar-refractivity contribution < 1.29 is 4.79 Å². The Morgan fingerprint density at radius 2 is 2.19 bits per heavy atom. The van der Waals surface area contributed by atoms with Crippen LogP contribution < -0.4 is 16.0 Å². The standard InChI is InChI=1S/C12H17N3O/c1-9-5-10(13)7-11(6-9)15-4-2-3-14-12(16)8-15/h5-7H,2-4,8,13H2,1H3,(H,14,16). The predicted molar refractivity (Wildman–Crippen MR) is 65.4 cm³/mol. The highest BCUT2D eigenvalue weighted by Crippen LogP contribution is 2.21. The molecule has 0 bridgehead atoms. The average molecular weight is 219 g/mol. The summed E-state index contributed by atoms with van der Waals surface area (Å²) in [5, 5.41) is 2.86. The molecule has 4 nitrogen and oxygen atoms in total. The molecule has 86 valence electrons. The smallest absolute Gasteiger partial charge is 0.239 e. The first-order valence-electron chi connectivity index (χ1n) is 5.54. The van der Waals surface area contributed by atoms with Crippen LogP contribution in [-0.4, -0.2) is 25.5 Å². The zero-order chi connectivity index (χ0) is 11.5. The Hall–Kier alpha value is -1.71. The van der Waals surface area contributed by atoms with E-state index in [2.05, 4.69) is 16.3 Å². The number of nitrogens with two attached hydrogens (primary N) is 1. The van der Waals surface area contributed by atoms with E-state index < -0.39 is 0 Å². The number of nitrogens with zero attached hydrogens (tertiary/aromatic N) is 1. The van der Waals surface area contributed by atoms with Crippen molar-refractivity contribution in [2.75, 3.05) is 30.3 Å². The molecule has 3 N–H and O–H groups in total. The van der Waals surface area contributed by atoms with E-state index in [0.717, 1.165) is 36.4 Å². The van der Waals surface area contributed by atoms with Crippen molar-refractivity contribution in [1.29, 1.82) is 0 Å². The maximum Gasteiger partial charge on any atom is 0.239 e. The monoisotopic (exact) mass is 219 g/mol. The van der Waals surface area contributed by atoms with Gasteiger partial charge in [0, 0.05) is 24.5 Å². The Morgan fingerprint density at radius 1 is 1.38 bits per heavy atom. The number of hydrogen-bond acceptors (Lipinski definition) is 3. The molecule has 0 unspecified atom stereocenters. The van der Waals surface area contributed by atoms with Crippen LogP contribution >= 0.6 is 0 Å². The molecule has 1 heterocycles. The lowest BCUT2D eigenvalue weighted by molar-refractivity contribution is -0.119. The van der Waals surface area contributed by atoms with E-state index in [4.69, 9.17) is 5.73 Å². The molecule has 2 rings (SSSR count). The van der Waals surface area contributed by atoms with Gasteiger partial charge >= 0.3 is 0 Å². The summed E-state index contributed by atoms with van der Waals surface area (Å²) >= 11 is 0. The normalized spacial score (nSPS) is 16.8. The Balaban J connectivity index is 2.24. The van der Waals surface area contributed by atoms with Crippen LogP contribution in [0.3, 0.4) is 0 Å². The van der Waals surface area contributed by atoms with E-state index >= 15 is 0 Å². The summed E-state index contributed by atoms with van der Waals surface area (Å²) in [6, 6.07) is 5.92. The molecule has 1 aliphatic rings. The van der Waals surface area contributed by atoms with Crippen LogP contribution in [0.15, 0.2) is 18.2 Å². The van der Waals surface area contributed by atoms with Gasteiger partial charge in [-0.3, -0.25) is 4.79 Å². The van der Waals surface area contributed by atoms with E-state index in [9.17, 15) is 4.79 Å². The van der Waals surface area contributed by atoms with E-state index in [1.165, 1.54) is 0 Å². The molecular formula is C12H17N3O. The molecule has 0 aromatic heterocycles. The number of benzene rings is 1. The number of carbonyl (C=O) groups is 1. The zero-order valence-electron chi connectivity index (χ0n) is 9.49. The fourth-order valence-electron chi connectivity index (χ4n) is 2.00. The predicted octanol–water partition coefficient (Wildman–Crippen LogP) is 0.904. The lowest BCUT2D eigenvalue weighted by Crippen LogP contribution is -2.33. The maximum atomic E-state index is 11.5. The molecule has 1 amide bonds. The minimum Gasteiger partial charge on any atom is -0.399 e. The zero-order valence-corrected chi connectivity index (χ0v) is 9.49. The van der Waals surface area contributed by atoms with Crippen molar-refractivity contribution in [2.45, 2.75) is 13.3 Å². The van der Waals surface area contributed by atoms with Gasteiger partial charge in [-0.15, -0.1) is 0 Å². The highest BCUT2D eigenvalue weighted by Gasteiger charge is 2.15. The van der Waals surface area contributed by atoms with Gasteiger partial charge in [-0.05, 0) is 37.1 Å². The number of aryl methyl sites for hydroxylation is 1. The molecule has 0 atom stereocenters. The molecule has 1 saturated heterocycles. The van der Waals surface area contributed by atoms with Gasteiger partial charge < -0.3 is 16.0 Å². The average Bonchev–Trinajstić information content (AvgIpc) is 2.41. The molecule has 0 radical (unpaired) electrons. The van der Waals surface area contributed by atoms with E-state index in [-0.39, 0.29) is 5.91 Å². The fourth-order valence-corrected chi connectivity index (χ4v) is 2.00. The number of nitrogen functional groups attached to an aromatic ring is 1. The van der Waals surface area contributed by atoms with E-state index in [0.29, 0.717) is 6.54 Å². The van der Waals surface area contributed by atoms with Gasteiger partial charge in [0.05, 0.1) is 6.54 Å². The molecule has 0 aliphatic carbocycles. The number of amides is 1. The van der Waals surface area contributed by atoms with Gasteiger partial charge in [0.15, 0.2) is 0 Å². The van der Waals surface area contributed by atoms with Crippen molar-refractivity contribution in [2.24, 2.45) is 0 Å². The first-order valence-corrected chi connectivity index (χ1v) is 5.54. The van der Waals surface area contributed by atoms with Crippen molar-refractivity contribution >= 4 is 17.3 Å². The fraction of sp³-hybridized carbons (Fsp3) is 0.417. The van der Waals surface area contributed by atoms with Crippen molar-refractivity contribution in [1.82, 2.24) is 5.32 Å². The summed E-state index contributed by atoms with van der Waals surface area (Å²) in [4.78, 5) is 13.5. The molecule has 1 fully saturated rings. The van der Waals surface area contributed by atoms with Crippen LogP contribution in [0, 0.1) is 6.92 Å². The largest absolute Gasteiger partial charge is 0.399 e. The Labute approximate surface area is 95.4 Å². The summed E-state index contributed by atoms with van der Waals surface area (Å²) in [6.07, 6.45) is 0.972. The quantitative estimate of drug-likeness (QED) is 0.690. The first-order chi connectivity index (χ1) is 7.65. The van der Waals surface area contributed by atoms with Crippen LogP contribution in [-0.2, 0) is 4.79 Å². The molecule has 1 aromatic carbocycles. The molecule has 16 heavy (non-hydrogen) atoms. The van der Waals surface area contributed by atoms with Crippen LogP contribution in [0.4, 0.5) is 11.4 Å². The molecule has 1 aromatic rings. The van der Waals surface area contributed by atoms with Crippen LogP contribution in [0.1, 0.15) is 12.0 Å². The lowest BCUT2D eigenvalue weighted by Gasteiger charge is -2.22. The summed E-state index contributed by atoms with van der Waals surface area (Å²) < 4.78 is 0. The van der Waals surface area contributed by atoms with Gasteiger partial charge in [0.1, 0.15) is 0 Å². The second kappa shape index (κ2) is 4.43. The maximum absolute atomic E-state index is 11.5. The van der Waals surface area contributed by atoms with Crippen LogP contribution in [0.5, 0.6) is 0 Å². The molecule has 0 saturated carbocycles. The summed E-state index contributed by atoms with van der Waals surface area (Å²) in [5.74, 6) is 0.0811. The van der Waals surface area contributed by atoms with Crippen molar-refractivity contribution in [3.05, 3.63) is 23.8 Å². The number of anilines is 2. The van der Waals surface area contributed by atoms with Crippen LogP contribution in [0.2, 0.25) is 0 Å². The minimum atomic E-state index is 0.0811. The SMILES string of the molecule is Cc1cc(N)cc(N2CCCNC(=O)C2)c1. The van der Waals surface area contributed by atoms with Gasteiger partial charge in [-0.1, -0.05) is 0 Å². The number of carbonyl (C=O) groups excluding carboxylic acids is 1. The third kappa shape index (κ3) is 2.45. The van der Waals surface area contributed by atoms with E-state index in [1.807, 2.05) is 19.1 Å². The summed E-state index contributed by atoms with van der Waals surface area (Å²) in [7, 11) is 0. The second-order valence-corrected chi connectivity index (χ2v) is 4.23. The molecular weight excluding hydrogens is 202 g/mol. The summed E-state index contributed by atoms with van der Waals surface area (Å²) in [5.41, 5.74) is 8.72. The van der Waals surface area contributed by atoms with Crippen LogP contribution in [0.25, 0.3) is 0 Å². The molecule has 1 aliphatic heterocycles. The van der Waals surface area contributed by atoms with Crippen molar-refractivity contribution in [3.63, 3.8) is 0 Å². The van der Waals surface area contributed by atoms with Gasteiger partial charge in [0.2, 0.25) is 5.91 Å². The number of rotatable bonds is 1. The minimum absolute atomic E-state index is 0.0811. The first kappa shape index (κ1) is 10.8. The third-order valence-electron chi connectivity index (χ3n) is 2.71. The Morgan fingerprint density at radius 3 is 2.94 bits per heavy atom. The second-order valence-electron chi connectivity index (χ2n) is 4.23. The summed E-state index contributed by atoms with van der Waals surface area (Å²) in [6.45, 7) is 4.08. The topological polar surface area (TPSA) is 58.4 Å². The number of nitrogens with one attached hydrogen (secondary N) is 1. The van der Waals surface area contributed by atoms with Crippen molar-refractivity contribution in [3.8, 4) is 0 Å². The van der Waals surface area contributed by atoms with Gasteiger partial charge in [0.25, 0.3) is 0 Å². The van der Waals surface area contributed by atoms with Gasteiger partial charge in [-0.25, -0.2) is 0 Å².